The molecule has 3 rings (SSSR count). The first kappa shape index (κ1) is 18.7. The third-order valence-corrected chi connectivity index (χ3v) is 5.73. The summed E-state index contributed by atoms with van der Waals surface area (Å²) in [7, 11) is -3.17. The molecular weight excluding hydrogens is 378 g/mol. The van der Waals surface area contributed by atoms with Gasteiger partial charge in [-0.1, -0.05) is 11.6 Å². The Morgan fingerprint density at radius 1 is 1.42 bits per heavy atom. The summed E-state index contributed by atoms with van der Waals surface area (Å²) in [6, 6.07) is 6.52. The summed E-state index contributed by atoms with van der Waals surface area (Å²) in [6.45, 7) is 1.33. The molecule has 1 fully saturated rings. The van der Waals surface area contributed by atoms with Gasteiger partial charge in [0.15, 0.2) is 0 Å². The molecule has 2 amide bonds. The van der Waals surface area contributed by atoms with Crippen molar-refractivity contribution in [3.63, 3.8) is 0 Å². The molecule has 1 saturated heterocycles. The smallest absolute Gasteiger partial charge is 0.319 e. The minimum atomic E-state index is -3.17. The van der Waals surface area contributed by atoms with Crippen molar-refractivity contribution < 1.29 is 13.2 Å². The van der Waals surface area contributed by atoms with Crippen molar-refractivity contribution in [2.24, 2.45) is 5.92 Å². The van der Waals surface area contributed by atoms with E-state index in [1.165, 1.54) is 10.6 Å². The lowest BCUT2D eigenvalue weighted by molar-refractivity contribution is 0.250. The molecule has 2 N–H and O–H groups in total. The van der Waals surface area contributed by atoms with Crippen molar-refractivity contribution in [1.82, 2.24) is 19.4 Å². The summed E-state index contributed by atoms with van der Waals surface area (Å²) < 4.78 is 26.1. The molecule has 1 aliphatic rings. The van der Waals surface area contributed by atoms with Crippen LogP contribution in [0, 0.1) is 5.92 Å². The predicted octanol–water partition coefficient (Wildman–Crippen LogP) is 1.93. The van der Waals surface area contributed by atoms with E-state index in [4.69, 9.17) is 11.6 Å². The lowest BCUT2D eigenvalue weighted by Gasteiger charge is -2.15. The number of nitrogens with zero attached hydrogens (tertiary/aromatic N) is 3. The van der Waals surface area contributed by atoms with E-state index in [9.17, 15) is 13.2 Å². The number of urea groups is 1. The molecule has 1 aromatic carbocycles. The number of aromatic nitrogens is 2. The maximum absolute atomic E-state index is 12.2. The number of amides is 2. The molecule has 1 atom stereocenters. The molecule has 0 aliphatic carbocycles. The summed E-state index contributed by atoms with van der Waals surface area (Å²) in [5.41, 5.74) is 1.22. The highest BCUT2D eigenvalue weighted by molar-refractivity contribution is 7.88. The summed E-state index contributed by atoms with van der Waals surface area (Å²) in [4.78, 5) is 12.2. The Morgan fingerprint density at radius 3 is 2.88 bits per heavy atom. The van der Waals surface area contributed by atoms with Gasteiger partial charge in [0.1, 0.15) is 0 Å². The Hall–Kier alpha value is -2.10. The summed E-state index contributed by atoms with van der Waals surface area (Å²) in [6.07, 6.45) is 5.32. The molecule has 0 bridgehead atoms. The average Bonchev–Trinajstić information content (AvgIpc) is 3.26. The van der Waals surface area contributed by atoms with E-state index in [1.54, 1.807) is 41.3 Å². The molecule has 26 heavy (non-hydrogen) atoms. The van der Waals surface area contributed by atoms with Gasteiger partial charge in [-0.25, -0.2) is 22.2 Å². The first-order chi connectivity index (χ1) is 12.3. The number of hydrogen-bond acceptors (Lipinski definition) is 4. The van der Waals surface area contributed by atoms with Gasteiger partial charge in [-0.05, 0) is 36.6 Å². The van der Waals surface area contributed by atoms with Gasteiger partial charge in [-0.15, -0.1) is 0 Å². The highest BCUT2D eigenvalue weighted by Gasteiger charge is 2.28. The number of rotatable bonds is 5. The maximum Gasteiger partial charge on any atom is 0.319 e. The molecule has 0 spiro atoms. The molecule has 10 heteroatoms. The van der Waals surface area contributed by atoms with Gasteiger partial charge in [-0.3, -0.25) is 0 Å². The van der Waals surface area contributed by atoms with Crippen LogP contribution in [0.1, 0.15) is 6.42 Å². The van der Waals surface area contributed by atoms with E-state index in [1.807, 2.05) is 0 Å². The van der Waals surface area contributed by atoms with Crippen LogP contribution in [-0.2, 0) is 10.0 Å². The Morgan fingerprint density at radius 2 is 2.23 bits per heavy atom. The third kappa shape index (κ3) is 4.54. The minimum absolute atomic E-state index is 0.103. The van der Waals surface area contributed by atoms with E-state index < -0.39 is 10.0 Å². The highest BCUT2D eigenvalue weighted by atomic mass is 35.5. The first-order valence-corrected chi connectivity index (χ1v) is 10.3. The van der Waals surface area contributed by atoms with E-state index in [0.29, 0.717) is 36.0 Å². The van der Waals surface area contributed by atoms with Crippen LogP contribution >= 0.6 is 11.6 Å². The quantitative estimate of drug-likeness (QED) is 0.805. The van der Waals surface area contributed by atoms with E-state index >= 15 is 0 Å². The zero-order valence-electron chi connectivity index (χ0n) is 14.2. The molecule has 2 heterocycles. The largest absolute Gasteiger partial charge is 0.338 e. The standard InChI is InChI=1S/C16H20ClN5O3S/c1-26(24,25)21-8-5-12(11-21)10-18-16(23)20-14-4-3-13(17)9-15(14)22-7-2-6-19-22/h2-4,6-7,9,12H,5,8,10-11H2,1H3,(H2,18,20,23)/t12-/m1/s1. The number of anilines is 1. The van der Waals surface area contributed by atoms with Crippen molar-refractivity contribution in [1.29, 1.82) is 0 Å². The fourth-order valence-corrected chi connectivity index (χ4v) is 3.96. The second-order valence-electron chi connectivity index (χ2n) is 6.22. The van der Waals surface area contributed by atoms with E-state index in [-0.39, 0.29) is 11.9 Å². The minimum Gasteiger partial charge on any atom is -0.338 e. The van der Waals surface area contributed by atoms with Crippen molar-refractivity contribution in [3.8, 4) is 5.69 Å². The van der Waals surface area contributed by atoms with Crippen LogP contribution in [0.2, 0.25) is 5.02 Å². The normalized spacial score (nSPS) is 18.0. The Labute approximate surface area is 157 Å². The molecule has 1 aliphatic heterocycles. The summed E-state index contributed by atoms with van der Waals surface area (Å²) in [5, 5.41) is 10.3. The van der Waals surface area contributed by atoms with Crippen LogP contribution in [0.15, 0.2) is 36.7 Å². The summed E-state index contributed by atoms with van der Waals surface area (Å²) in [5.74, 6) is 0.103. The van der Waals surface area contributed by atoms with Gasteiger partial charge < -0.3 is 10.6 Å². The Balaban J connectivity index is 1.60. The molecule has 2 aromatic rings. The molecule has 0 saturated carbocycles. The lowest BCUT2D eigenvalue weighted by Crippen LogP contribution is -2.35. The fraction of sp³-hybridized carbons (Fsp3) is 0.375. The van der Waals surface area contributed by atoms with Crippen molar-refractivity contribution in [2.45, 2.75) is 6.42 Å². The lowest BCUT2D eigenvalue weighted by atomic mass is 10.1. The van der Waals surface area contributed by atoms with Crippen molar-refractivity contribution in [3.05, 3.63) is 41.7 Å². The van der Waals surface area contributed by atoms with Crippen LogP contribution in [-0.4, -0.2) is 54.4 Å². The number of hydrogen-bond donors (Lipinski definition) is 2. The first-order valence-electron chi connectivity index (χ1n) is 8.12. The van der Waals surface area contributed by atoms with Crippen LogP contribution < -0.4 is 10.6 Å². The van der Waals surface area contributed by atoms with Gasteiger partial charge in [0.2, 0.25) is 10.0 Å². The van der Waals surface area contributed by atoms with Gasteiger partial charge in [0, 0.05) is 37.1 Å². The highest BCUT2D eigenvalue weighted by Crippen LogP contribution is 2.24. The van der Waals surface area contributed by atoms with Crippen LogP contribution in [0.25, 0.3) is 5.69 Å². The van der Waals surface area contributed by atoms with Crippen molar-refractivity contribution >= 4 is 33.3 Å². The number of carbonyl (C=O) groups excluding carboxylic acids is 1. The number of halogens is 1. The van der Waals surface area contributed by atoms with Gasteiger partial charge >= 0.3 is 6.03 Å². The van der Waals surface area contributed by atoms with Gasteiger partial charge in [0.05, 0.1) is 17.6 Å². The van der Waals surface area contributed by atoms with Gasteiger partial charge in [0.25, 0.3) is 0 Å². The number of benzene rings is 1. The van der Waals surface area contributed by atoms with Crippen LogP contribution in [0.5, 0.6) is 0 Å². The Kier molecular flexibility index (Phi) is 5.49. The second kappa shape index (κ2) is 7.65. The topological polar surface area (TPSA) is 96.3 Å². The molecule has 140 valence electrons. The van der Waals surface area contributed by atoms with Crippen molar-refractivity contribution in [2.75, 3.05) is 31.2 Å². The predicted molar refractivity (Wildman–Crippen MR) is 100 cm³/mol. The molecule has 8 nitrogen and oxygen atoms in total. The van der Waals surface area contributed by atoms with E-state index in [0.717, 1.165) is 6.42 Å². The third-order valence-electron chi connectivity index (χ3n) is 4.23. The second-order valence-corrected chi connectivity index (χ2v) is 8.64. The van der Waals surface area contributed by atoms with Crippen LogP contribution in [0.4, 0.5) is 10.5 Å². The monoisotopic (exact) mass is 397 g/mol. The molecular formula is C16H20ClN5O3S. The van der Waals surface area contributed by atoms with Gasteiger partial charge in [-0.2, -0.15) is 5.10 Å². The van der Waals surface area contributed by atoms with Crippen LogP contribution in [0.3, 0.4) is 0 Å². The average molecular weight is 398 g/mol. The zero-order chi connectivity index (χ0) is 18.7. The maximum atomic E-state index is 12.2. The summed E-state index contributed by atoms with van der Waals surface area (Å²) >= 11 is 6.04. The zero-order valence-corrected chi connectivity index (χ0v) is 15.8. The molecule has 0 unspecified atom stereocenters. The molecule has 1 aromatic heterocycles. The molecule has 0 radical (unpaired) electrons. The number of nitrogens with one attached hydrogen (secondary N) is 2. The van der Waals surface area contributed by atoms with E-state index in [2.05, 4.69) is 15.7 Å². The fourth-order valence-electron chi connectivity index (χ4n) is 2.88. The number of sulfonamides is 1. The SMILES string of the molecule is CS(=O)(=O)N1CC[C@H](CNC(=O)Nc2ccc(Cl)cc2-n2cccn2)C1. The Bertz CT molecular complexity index is 885. The number of carbonyl (C=O) groups is 1.